The fourth-order valence-corrected chi connectivity index (χ4v) is 4.54. The van der Waals surface area contributed by atoms with E-state index in [-0.39, 0.29) is 11.5 Å². The highest BCUT2D eigenvalue weighted by molar-refractivity contribution is 7.91. The average molecular weight is 263 g/mol. The van der Waals surface area contributed by atoms with Crippen molar-refractivity contribution in [1.29, 1.82) is 0 Å². The summed E-state index contributed by atoms with van der Waals surface area (Å²) >= 11 is 0. The van der Waals surface area contributed by atoms with Crippen LogP contribution in [-0.4, -0.2) is 67.7 Å². The second-order valence-corrected chi connectivity index (χ2v) is 6.82. The quantitative estimate of drug-likeness (QED) is 0.713. The van der Waals surface area contributed by atoms with Gasteiger partial charge < -0.3 is 9.84 Å². The fraction of sp³-hybridized carbons (Fsp3) is 0.900. The van der Waals surface area contributed by atoms with Crippen molar-refractivity contribution < 1.29 is 23.1 Å². The van der Waals surface area contributed by atoms with Gasteiger partial charge in [-0.25, -0.2) is 8.42 Å². The van der Waals surface area contributed by atoms with Crippen LogP contribution in [0.1, 0.15) is 12.8 Å². The van der Waals surface area contributed by atoms with E-state index in [1.807, 2.05) is 0 Å². The number of carboxylic acids is 1. The molecule has 0 aromatic rings. The number of aliphatic carboxylic acids is 1. The van der Waals surface area contributed by atoms with Gasteiger partial charge in [-0.2, -0.15) is 0 Å². The third-order valence-electron chi connectivity index (χ3n) is 3.52. The van der Waals surface area contributed by atoms with E-state index in [2.05, 4.69) is 0 Å². The summed E-state index contributed by atoms with van der Waals surface area (Å²) in [6.07, 6.45) is 0.827. The summed E-state index contributed by atoms with van der Waals surface area (Å²) < 4.78 is 28.6. The van der Waals surface area contributed by atoms with E-state index >= 15 is 0 Å². The van der Waals surface area contributed by atoms with E-state index in [1.165, 1.54) is 0 Å². The Bertz CT molecular complexity index is 401. The molecule has 98 valence electrons. The molecule has 17 heavy (non-hydrogen) atoms. The van der Waals surface area contributed by atoms with Crippen LogP contribution in [-0.2, 0) is 19.4 Å². The maximum absolute atomic E-state index is 11.7. The molecule has 2 aliphatic rings. The Morgan fingerprint density at radius 1 is 1.29 bits per heavy atom. The number of morpholine rings is 1. The SMILES string of the molecule is O=C(O)C1(N2CCOCC2)CCCS(=O)(=O)C1. The topological polar surface area (TPSA) is 83.9 Å². The minimum atomic E-state index is -3.25. The van der Waals surface area contributed by atoms with Crippen LogP contribution in [0.2, 0.25) is 0 Å². The van der Waals surface area contributed by atoms with Crippen molar-refractivity contribution in [1.82, 2.24) is 4.90 Å². The van der Waals surface area contributed by atoms with Crippen molar-refractivity contribution >= 4 is 15.8 Å². The van der Waals surface area contributed by atoms with Crippen molar-refractivity contribution in [3.63, 3.8) is 0 Å². The van der Waals surface area contributed by atoms with Gasteiger partial charge in [-0.15, -0.1) is 0 Å². The molecule has 2 heterocycles. The number of rotatable bonds is 2. The maximum Gasteiger partial charge on any atom is 0.325 e. The Morgan fingerprint density at radius 3 is 2.47 bits per heavy atom. The lowest BCUT2D eigenvalue weighted by Gasteiger charge is -2.44. The van der Waals surface area contributed by atoms with Crippen molar-refractivity contribution in [3.8, 4) is 0 Å². The zero-order valence-corrected chi connectivity index (χ0v) is 10.4. The first kappa shape index (κ1) is 12.8. The van der Waals surface area contributed by atoms with E-state index < -0.39 is 21.3 Å². The molecule has 0 spiro atoms. The zero-order chi connectivity index (χ0) is 12.5. The van der Waals surface area contributed by atoms with Crippen LogP contribution in [0.4, 0.5) is 0 Å². The Kier molecular flexibility index (Phi) is 3.42. The Hall–Kier alpha value is -0.660. The molecule has 1 atom stereocenters. The second-order valence-electron chi connectivity index (χ2n) is 4.63. The molecule has 1 unspecified atom stereocenters. The molecule has 2 aliphatic heterocycles. The predicted molar refractivity (Wildman–Crippen MR) is 60.6 cm³/mol. The molecule has 0 saturated carbocycles. The lowest BCUT2D eigenvalue weighted by molar-refractivity contribution is -0.154. The first-order chi connectivity index (χ1) is 7.96. The smallest absolute Gasteiger partial charge is 0.325 e. The molecule has 1 N–H and O–H groups in total. The molecule has 0 aromatic carbocycles. The van der Waals surface area contributed by atoms with Gasteiger partial charge in [0, 0.05) is 13.1 Å². The Labute approximate surface area is 100 Å². The van der Waals surface area contributed by atoms with Crippen LogP contribution >= 0.6 is 0 Å². The lowest BCUT2D eigenvalue weighted by Crippen LogP contribution is -2.63. The highest BCUT2D eigenvalue weighted by atomic mass is 32.2. The highest BCUT2D eigenvalue weighted by Gasteiger charge is 2.49. The maximum atomic E-state index is 11.7. The van der Waals surface area contributed by atoms with Crippen LogP contribution in [0.3, 0.4) is 0 Å². The zero-order valence-electron chi connectivity index (χ0n) is 9.59. The Morgan fingerprint density at radius 2 is 1.94 bits per heavy atom. The van der Waals surface area contributed by atoms with Crippen molar-refractivity contribution in [2.75, 3.05) is 37.8 Å². The molecule has 0 aromatic heterocycles. The summed E-state index contributed by atoms with van der Waals surface area (Å²) in [5, 5.41) is 9.43. The van der Waals surface area contributed by atoms with E-state index in [0.29, 0.717) is 39.1 Å². The van der Waals surface area contributed by atoms with Crippen LogP contribution in [0, 0.1) is 0 Å². The van der Waals surface area contributed by atoms with Gasteiger partial charge in [0.25, 0.3) is 0 Å². The molecule has 2 rings (SSSR count). The monoisotopic (exact) mass is 263 g/mol. The standard InChI is InChI=1S/C10H17NO5S/c12-9(13)10(11-3-5-16-6-4-11)2-1-7-17(14,15)8-10/h1-8H2,(H,12,13). The highest BCUT2D eigenvalue weighted by Crippen LogP contribution is 2.30. The molecule has 0 bridgehead atoms. The van der Waals surface area contributed by atoms with Crippen LogP contribution in [0.25, 0.3) is 0 Å². The molecule has 6 nitrogen and oxygen atoms in total. The van der Waals surface area contributed by atoms with Crippen molar-refractivity contribution in [2.45, 2.75) is 18.4 Å². The van der Waals surface area contributed by atoms with Gasteiger partial charge in [-0.3, -0.25) is 9.69 Å². The molecule has 2 saturated heterocycles. The fourth-order valence-electron chi connectivity index (χ4n) is 2.64. The summed E-state index contributed by atoms with van der Waals surface area (Å²) in [4.78, 5) is 13.3. The molecule has 0 amide bonds. The van der Waals surface area contributed by atoms with Gasteiger partial charge in [-0.05, 0) is 12.8 Å². The summed E-state index contributed by atoms with van der Waals surface area (Å²) in [5.74, 6) is -1.19. The van der Waals surface area contributed by atoms with Gasteiger partial charge in [0.2, 0.25) is 0 Å². The Balaban J connectivity index is 2.28. The minimum absolute atomic E-state index is 0.104. The van der Waals surface area contributed by atoms with E-state index in [4.69, 9.17) is 4.74 Å². The largest absolute Gasteiger partial charge is 0.480 e. The number of carbonyl (C=O) groups is 1. The van der Waals surface area contributed by atoms with E-state index in [1.54, 1.807) is 4.90 Å². The van der Waals surface area contributed by atoms with Crippen molar-refractivity contribution in [2.24, 2.45) is 0 Å². The molecule has 2 fully saturated rings. The number of carboxylic acid groups (broad SMARTS) is 1. The summed E-state index contributed by atoms with van der Waals surface area (Å²) in [6.45, 7) is 1.91. The second kappa shape index (κ2) is 4.55. The first-order valence-electron chi connectivity index (χ1n) is 5.73. The number of hydrogen-bond acceptors (Lipinski definition) is 5. The minimum Gasteiger partial charge on any atom is -0.480 e. The number of ether oxygens (including phenoxy) is 1. The van der Waals surface area contributed by atoms with Gasteiger partial charge in [-0.1, -0.05) is 0 Å². The third-order valence-corrected chi connectivity index (χ3v) is 5.35. The lowest BCUT2D eigenvalue weighted by atomic mass is 9.92. The van der Waals surface area contributed by atoms with Crippen LogP contribution < -0.4 is 0 Å². The molecule has 0 aliphatic carbocycles. The normalized spacial score (nSPS) is 34.4. The summed E-state index contributed by atoms with van der Waals surface area (Å²) in [5.41, 5.74) is -1.24. The average Bonchev–Trinajstić information content (AvgIpc) is 2.28. The van der Waals surface area contributed by atoms with Crippen LogP contribution in [0.5, 0.6) is 0 Å². The van der Waals surface area contributed by atoms with E-state index in [9.17, 15) is 18.3 Å². The predicted octanol–water partition coefficient (Wildman–Crippen LogP) is -0.649. The molecular formula is C10H17NO5S. The number of hydrogen-bond donors (Lipinski definition) is 1. The summed E-state index contributed by atoms with van der Waals surface area (Å²) in [6, 6.07) is 0. The van der Waals surface area contributed by atoms with Gasteiger partial charge in [0.1, 0.15) is 5.54 Å². The molecule has 0 radical (unpaired) electrons. The first-order valence-corrected chi connectivity index (χ1v) is 7.55. The van der Waals surface area contributed by atoms with E-state index in [0.717, 1.165) is 0 Å². The molecule has 7 heteroatoms. The third kappa shape index (κ3) is 2.46. The molecular weight excluding hydrogens is 246 g/mol. The van der Waals surface area contributed by atoms with Crippen LogP contribution in [0.15, 0.2) is 0 Å². The van der Waals surface area contributed by atoms with Gasteiger partial charge in [0.05, 0.1) is 24.7 Å². The van der Waals surface area contributed by atoms with Gasteiger partial charge >= 0.3 is 5.97 Å². The van der Waals surface area contributed by atoms with Crippen molar-refractivity contribution in [3.05, 3.63) is 0 Å². The number of nitrogens with zero attached hydrogens (tertiary/aromatic N) is 1. The summed E-state index contributed by atoms with van der Waals surface area (Å²) in [7, 11) is -3.25. The van der Waals surface area contributed by atoms with Gasteiger partial charge in [0.15, 0.2) is 9.84 Å². The number of sulfone groups is 1.